The molecule has 8 nitrogen and oxygen atoms in total. The Hall–Kier alpha value is -2.00. The van der Waals surface area contributed by atoms with Gasteiger partial charge in [0.25, 0.3) is 5.91 Å². The number of thiazole rings is 1. The van der Waals surface area contributed by atoms with E-state index in [9.17, 15) is 14.4 Å². The number of hydrogen-bond acceptors (Lipinski definition) is 6. The summed E-state index contributed by atoms with van der Waals surface area (Å²) in [5, 5.41) is 5.51. The van der Waals surface area contributed by atoms with Crippen molar-refractivity contribution in [1.29, 1.82) is 0 Å². The molecule has 2 rings (SSSR count). The van der Waals surface area contributed by atoms with Crippen LogP contribution in [0.2, 0.25) is 0 Å². The molecule has 0 saturated heterocycles. The molecule has 0 bridgehead atoms. The smallest absolute Gasteiger partial charge is 0.309 e. The van der Waals surface area contributed by atoms with Crippen molar-refractivity contribution >= 4 is 29.1 Å². The molecule has 1 unspecified atom stereocenters. The fraction of sp³-hybridized carbons (Fsp3) is 0.538. The first-order valence-corrected chi connectivity index (χ1v) is 7.74. The van der Waals surface area contributed by atoms with Crippen LogP contribution in [0.1, 0.15) is 27.3 Å². The van der Waals surface area contributed by atoms with Crippen molar-refractivity contribution in [1.82, 2.24) is 20.5 Å². The number of amides is 3. The molecular formula is C13H19N5O3S. The van der Waals surface area contributed by atoms with Crippen LogP contribution >= 0.6 is 11.3 Å². The van der Waals surface area contributed by atoms with Crippen LogP contribution < -0.4 is 16.4 Å². The third-order valence-corrected chi connectivity index (χ3v) is 4.37. The van der Waals surface area contributed by atoms with Crippen LogP contribution in [0.3, 0.4) is 0 Å². The fourth-order valence-electron chi connectivity index (χ4n) is 2.09. The van der Waals surface area contributed by atoms with Crippen molar-refractivity contribution in [2.45, 2.75) is 25.9 Å². The number of nitrogens with zero attached hydrogens (tertiary/aromatic N) is 2. The molecule has 1 aromatic rings. The van der Waals surface area contributed by atoms with Gasteiger partial charge in [-0.2, -0.15) is 0 Å². The number of fused-ring (bicyclic) bond motifs is 1. The monoisotopic (exact) mass is 325 g/mol. The lowest BCUT2D eigenvalue weighted by molar-refractivity contribution is -0.137. The van der Waals surface area contributed by atoms with E-state index in [4.69, 9.17) is 5.73 Å². The van der Waals surface area contributed by atoms with Crippen molar-refractivity contribution in [3.8, 4) is 0 Å². The number of primary amides is 1. The normalized spacial score (nSPS) is 15.7. The second kappa shape index (κ2) is 6.84. The molecular weight excluding hydrogens is 306 g/mol. The second-order valence-electron chi connectivity index (χ2n) is 5.33. The number of carbonyl (C=O) groups excluding carboxylic acids is 3. The first-order chi connectivity index (χ1) is 10.4. The highest BCUT2D eigenvalue weighted by Gasteiger charge is 2.21. The molecule has 0 spiro atoms. The minimum absolute atomic E-state index is 0.196. The number of nitrogens with two attached hydrogens (primary N) is 1. The van der Waals surface area contributed by atoms with Gasteiger partial charge in [-0.25, -0.2) is 4.98 Å². The molecule has 1 aliphatic heterocycles. The molecule has 1 atom stereocenters. The Morgan fingerprint density at radius 3 is 2.86 bits per heavy atom. The Balaban J connectivity index is 1.88. The summed E-state index contributed by atoms with van der Waals surface area (Å²) < 4.78 is 0. The van der Waals surface area contributed by atoms with E-state index in [1.54, 1.807) is 6.92 Å². The molecule has 22 heavy (non-hydrogen) atoms. The highest BCUT2D eigenvalue weighted by molar-refractivity contribution is 7.13. The standard InChI is InChI=1S/C13H19N5O3S/c1-7(16-11(20)10(14)19)5-15-12(21)13-17-8-3-4-18(2)6-9(8)22-13/h7H,3-6H2,1-2H3,(H2,14,19)(H,15,21)(H,16,20). The maximum absolute atomic E-state index is 12.1. The Morgan fingerprint density at radius 2 is 2.18 bits per heavy atom. The maximum Gasteiger partial charge on any atom is 0.309 e. The first kappa shape index (κ1) is 16.4. The Bertz CT molecular complexity index is 600. The van der Waals surface area contributed by atoms with Crippen LogP contribution in [-0.4, -0.2) is 53.8 Å². The van der Waals surface area contributed by atoms with Gasteiger partial charge in [0, 0.05) is 37.0 Å². The highest BCUT2D eigenvalue weighted by Crippen LogP contribution is 2.24. The molecule has 0 fully saturated rings. The van der Waals surface area contributed by atoms with Crippen LogP contribution in [0.4, 0.5) is 0 Å². The Kier molecular flexibility index (Phi) is 5.09. The lowest BCUT2D eigenvalue weighted by Crippen LogP contribution is -2.46. The topological polar surface area (TPSA) is 117 Å². The molecule has 3 amide bonds. The van der Waals surface area contributed by atoms with Crippen LogP contribution in [0, 0.1) is 0 Å². The number of rotatable bonds is 4. The lowest BCUT2D eigenvalue weighted by Gasteiger charge is -2.20. The summed E-state index contributed by atoms with van der Waals surface area (Å²) in [4.78, 5) is 41.5. The minimum Gasteiger partial charge on any atom is -0.361 e. The van der Waals surface area contributed by atoms with E-state index < -0.39 is 17.9 Å². The van der Waals surface area contributed by atoms with Crippen molar-refractivity contribution in [3.05, 3.63) is 15.6 Å². The van der Waals surface area contributed by atoms with Crippen LogP contribution in [-0.2, 0) is 22.6 Å². The molecule has 1 aromatic heterocycles. The molecule has 0 saturated carbocycles. The molecule has 0 aliphatic carbocycles. The fourth-order valence-corrected chi connectivity index (χ4v) is 3.19. The van der Waals surface area contributed by atoms with E-state index >= 15 is 0 Å². The lowest BCUT2D eigenvalue weighted by atomic mass is 10.2. The average molecular weight is 325 g/mol. The van der Waals surface area contributed by atoms with Gasteiger partial charge in [0.15, 0.2) is 5.01 Å². The van der Waals surface area contributed by atoms with Crippen molar-refractivity contribution in [3.63, 3.8) is 0 Å². The quantitative estimate of drug-likeness (QED) is 0.604. The van der Waals surface area contributed by atoms with Crippen LogP contribution in [0.25, 0.3) is 0 Å². The number of likely N-dealkylation sites (N-methyl/N-ethyl adjacent to an activating group) is 1. The van der Waals surface area contributed by atoms with Gasteiger partial charge in [-0.15, -0.1) is 11.3 Å². The third-order valence-electron chi connectivity index (χ3n) is 3.29. The molecule has 9 heteroatoms. The summed E-state index contributed by atoms with van der Waals surface area (Å²) in [7, 11) is 2.03. The van der Waals surface area contributed by atoms with Crippen molar-refractivity contribution < 1.29 is 14.4 Å². The number of carbonyl (C=O) groups is 3. The Morgan fingerprint density at radius 1 is 1.45 bits per heavy atom. The van der Waals surface area contributed by atoms with E-state index in [-0.39, 0.29) is 12.5 Å². The zero-order valence-corrected chi connectivity index (χ0v) is 13.3. The molecule has 0 radical (unpaired) electrons. The number of nitrogens with one attached hydrogen (secondary N) is 2. The molecule has 4 N–H and O–H groups in total. The van der Waals surface area contributed by atoms with Crippen molar-refractivity contribution in [2.75, 3.05) is 20.1 Å². The highest BCUT2D eigenvalue weighted by atomic mass is 32.1. The minimum atomic E-state index is -1.05. The predicted octanol–water partition coefficient (Wildman–Crippen LogP) is -1.15. The number of hydrogen-bond donors (Lipinski definition) is 3. The molecule has 0 aromatic carbocycles. The van der Waals surface area contributed by atoms with E-state index in [0.717, 1.165) is 30.1 Å². The van der Waals surface area contributed by atoms with E-state index in [1.807, 2.05) is 7.05 Å². The van der Waals surface area contributed by atoms with Gasteiger partial charge in [0.1, 0.15) is 0 Å². The van der Waals surface area contributed by atoms with Gasteiger partial charge in [0.2, 0.25) is 0 Å². The van der Waals surface area contributed by atoms with Gasteiger partial charge >= 0.3 is 11.8 Å². The summed E-state index contributed by atoms with van der Waals surface area (Å²) in [6.45, 7) is 3.62. The second-order valence-corrected chi connectivity index (χ2v) is 6.41. The summed E-state index contributed by atoms with van der Waals surface area (Å²) >= 11 is 1.39. The summed E-state index contributed by atoms with van der Waals surface area (Å²) in [5.41, 5.74) is 5.84. The van der Waals surface area contributed by atoms with Gasteiger partial charge in [0.05, 0.1) is 5.69 Å². The van der Waals surface area contributed by atoms with Gasteiger partial charge in [-0.05, 0) is 14.0 Å². The average Bonchev–Trinajstić information content (AvgIpc) is 2.87. The van der Waals surface area contributed by atoms with Gasteiger partial charge in [-0.3, -0.25) is 14.4 Å². The summed E-state index contributed by atoms with van der Waals surface area (Å²) in [6, 6.07) is -0.398. The largest absolute Gasteiger partial charge is 0.361 e. The maximum atomic E-state index is 12.1. The van der Waals surface area contributed by atoms with Gasteiger partial charge < -0.3 is 21.3 Å². The Labute approximate surface area is 132 Å². The van der Waals surface area contributed by atoms with E-state index in [0.29, 0.717) is 5.01 Å². The van der Waals surface area contributed by atoms with Gasteiger partial charge in [-0.1, -0.05) is 0 Å². The summed E-state index contributed by atoms with van der Waals surface area (Å²) in [6.07, 6.45) is 0.848. The van der Waals surface area contributed by atoms with Crippen molar-refractivity contribution in [2.24, 2.45) is 5.73 Å². The van der Waals surface area contributed by atoms with E-state index in [2.05, 4.69) is 20.5 Å². The molecule has 120 valence electrons. The number of aromatic nitrogens is 1. The zero-order chi connectivity index (χ0) is 16.3. The predicted molar refractivity (Wildman–Crippen MR) is 81.3 cm³/mol. The first-order valence-electron chi connectivity index (χ1n) is 6.92. The van der Waals surface area contributed by atoms with Crippen LogP contribution in [0.5, 0.6) is 0 Å². The molecule has 2 heterocycles. The zero-order valence-electron chi connectivity index (χ0n) is 12.5. The van der Waals surface area contributed by atoms with Crippen LogP contribution in [0.15, 0.2) is 0 Å². The van der Waals surface area contributed by atoms with E-state index in [1.165, 1.54) is 11.3 Å². The SMILES string of the molecule is CC(CNC(=O)c1nc2c(s1)CN(C)CC2)NC(=O)C(N)=O. The summed E-state index contributed by atoms with van der Waals surface area (Å²) in [5.74, 6) is -2.19. The third kappa shape index (κ3) is 4.01. The molecule has 1 aliphatic rings.